The molecule has 0 aliphatic carbocycles. The lowest BCUT2D eigenvalue weighted by molar-refractivity contribution is -0.141. The Morgan fingerprint density at radius 1 is 1.22 bits per heavy atom. The molecule has 0 saturated heterocycles. The molecule has 1 aromatic heterocycles. The van der Waals surface area contributed by atoms with E-state index in [4.69, 9.17) is 11.6 Å². The van der Waals surface area contributed by atoms with Crippen molar-refractivity contribution >= 4 is 35.0 Å². The molecular formula is C16H16ClN3O3. The molecule has 6 nitrogen and oxygen atoms in total. The molecule has 1 heterocycles. The lowest BCUT2D eigenvalue weighted by Crippen LogP contribution is -2.28. The first-order valence-electron chi connectivity index (χ1n) is 6.87. The summed E-state index contributed by atoms with van der Waals surface area (Å²) in [6, 6.07) is 9.30. The van der Waals surface area contributed by atoms with Crippen molar-refractivity contribution in [3.05, 3.63) is 53.2 Å². The molecular weight excluding hydrogens is 318 g/mol. The summed E-state index contributed by atoms with van der Waals surface area (Å²) in [5.74, 6) is -0.346. The molecule has 120 valence electrons. The smallest absolute Gasteiger partial charge is 0.328 e. The van der Waals surface area contributed by atoms with Gasteiger partial charge in [-0.25, -0.2) is 9.78 Å². The van der Waals surface area contributed by atoms with Gasteiger partial charge in [-0.3, -0.25) is 4.79 Å². The minimum atomic E-state index is -0.596. The highest BCUT2D eigenvalue weighted by molar-refractivity contribution is 6.30. The van der Waals surface area contributed by atoms with Gasteiger partial charge in [0.15, 0.2) is 0 Å². The number of anilines is 2. The number of hydrogen-bond donors (Lipinski definition) is 2. The maximum atomic E-state index is 12.3. The summed E-state index contributed by atoms with van der Waals surface area (Å²) in [6.45, 7) is 1.64. The van der Waals surface area contributed by atoms with Crippen LogP contribution in [0.1, 0.15) is 17.3 Å². The number of esters is 1. The van der Waals surface area contributed by atoms with E-state index in [-0.39, 0.29) is 5.91 Å². The first-order valence-corrected chi connectivity index (χ1v) is 7.25. The van der Waals surface area contributed by atoms with Gasteiger partial charge in [-0.15, -0.1) is 0 Å². The standard InChI is InChI=1S/C16H16ClN3O3/c1-10(16(22)23-2)19-14-13(4-3-9-18-14)20-15(21)11-5-7-12(17)8-6-11/h3-10H,1-2H3,(H,18,19)(H,20,21)/t10-/m1/s1. The number of amides is 1. The Kier molecular flexibility index (Phi) is 5.54. The zero-order chi connectivity index (χ0) is 16.8. The van der Waals surface area contributed by atoms with Crippen LogP contribution in [0.25, 0.3) is 0 Å². The molecule has 0 unspecified atom stereocenters. The number of methoxy groups -OCH3 is 1. The number of rotatable bonds is 5. The van der Waals surface area contributed by atoms with E-state index in [2.05, 4.69) is 20.4 Å². The van der Waals surface area contributed by atoms with Crippen LogP contribution in [0.4, 0.5) is 11.5 Å². The summed E-state index contributed by atoms with van der Waals surface area (Å²) < 4.78 is 4.66. The minimum absolute atomic E-state index is 0.302. The lowest BCUT2D eigenvalue weighted by atomic mass is 10.2. The average Bonchev–Trinajstić information content (AvgIpc) is 2.56. The van der Waals surface area contributed by atoms with Gasteiger partial charge in [0.1, 0.15) is 11.9 Å². The Balaban J connectivity index is 2.15. The summed E-state index contributed by atoms with van der Waals surface area (Å²) in [5.41, 5.74) is 0.924. The lowest BCUT2D eigenvalue weighted by Gasteiger charge is -2.15. The molecule has 0 saturated carbocycles. The maximum absolute atomic E-state index is 12.3. The molecule has 2 rings (SSSR count). The zero-order valence-corrected chi connectivity index (χ0v) is 13.4. The first kappa shape index (κ1) is 16.8. The van der Waals surface area contributed by atoms with E-state index in [0.717, 1.165) is 0 Å². The minimum Gasteiger partial charge on any atom is -0.467 e. The van der Waals surface area contributed by atoms with E-state index in [9.17, 15) is 9.59 Å². The third-order valence-corrected chi connectivity index (χ3v) is 3.32. The van der Waals surface area contributed by atoms with Crippen LogP contribution in [0, 0.1) is 0 Å². The number of carbonyl (C=O) groups excluding carboxylic acids is 2. The third-order valence-electron chi connectivity index (χ3n) is 3.07. The number of aromatic nitrogens is 1. The Hall–Kier alpha value is -2.60. The highest BCUT2D eigenvalue weighted by atomic mass is 35.5. The Morgan fingerprint density at radius 3 is 2.57 bits per heavy atom. The van der Waals surface area contributed by atoms with Crippen LogP contribution in [0.15, 0.2) is 42.6 Å². The van der Waals surface area contributed by atoms with Crippen LogP contribution in [-0.2, 0) is 9.53 Å². The Bertz CT molecular complexity index is 704. The molecule has 2 N–H and O–H groups in total. The normalized spacial score (nSPS) is 11.4. The van der Waals surface area contributed by atoms with E-state index >= 15 is 0 Å². The number of pyridine rings is 1. The molecule has 23 heavy (non-hydrogen) atoms. The van der Waals surface area contributed by atoms with Crippen LogP contribution in [0.5, 0.6) is 0 Å². The van der Waals surface area contributed by atoms with Crippen LogP contribution in [-0.4, -0.2) is 30.0 Å². The number of benzene rings is 1. The highest BCUT2D eigenvalue weighted by Gasteiger charge is 2.16. The molecule has 1 atom stereocenters. The molecule has 7 heteroatoms. The Morgan fingerprint density at radius 2 is 1.91 bits per heavy atom. The number of hydrogen-bond acceptors (Lipinski definition) is 5. The topological polar surface area (TPSA) is 80.3 Å². The molecule has 0 bridgehead atoms. The number of carbonyl (C=O) groups is 2. The molecule has 0 fully saturated rings. The van der Waals surface area contributed by atoms with Gasteiger partial charge in [0, 0.05) is 16.8 Å². The fourth-order valence-corrected chi connectivity index (χ4v) is 1.98. The SMILES string of the molecule is COC(=O)[C@@H](C)Nc1ncccc1NC(=O)c1ccc(Cl)cc1. The molecule has 1 aromatic carbocycles. The molecule has 0 spiro atoms. The van der Waals surface area contributed by atoms with E-state index in [1.54, 1.807) is 49.5 Å². The van der Waals surface area contributed by atoms with Gasteiger partial charge in [0.25, 0.3) is 5.91 Å². The molecule has 0 aliphatic rings. The van der Waals surface area contributed by atoms with Crippen molar-refractivity contribution in [1.82, 2.24) is 4.98 Å². The van der Waals surface area contributed by atoms with Crippen LogP contribution >= 0.6 is 11.6 Å². The zero-order valence-electron chi connectivity index (χ0n) is 12.7. The third kappa shape index (κ3) is 4.43. The van der Waals surface area contributed by atoms with Gasteiger partial charge in [0.2, 0.25) is 0 Å². The summed E-state index contributed by atoms with van der Waals surface area (Å²) >= 11 is 5.81. The molecule has 0 radical (unpaired) electrons. The van der Waals surface area contributed by atoms with Crippen LogP contribution < -0.4 is 10.6 Å². The fraction of sp³-hybridized carbons (Fsp3) is 0.188. The number of halogens is 1. The Labute approximate surface area is 138 Å². The molecule has 1 amide bonds. The number of nitrogens with one attached hydrogen (secondary N) is 2. The van der Waals surface area contributed by atoms with Crippen molar-refractivity contribution in [2.75, 3.05) is 17.7 Å². The monoisotopic (exact) mass is 333 g/mol. The van der Waals surface area contributed by atoms with Crippen LogP contribution in [0.3, 0.4) is 0 Å². The van der Waals surface area contributed by atoms with Crippen LogP contribution in [0.2, 0.25) is 5.02 Å². The first-order chi connectivity index (χ1) is 11.0. The van der Waals surface area contributed by atoms with Gasteiger partial charge in [-0.05, 0) is 43.3 Å². The van der Waals surface area contributed by atoms with Gasteiger partial charge in [-0.1, -0.05) is 11.6 Å². The second-order valence-electron chi connectivity index (χ2n) is 4.75. The van der Waals surface area contributed by atoms with E-state index in [1.807, 2.05) is 0 Å². The van der Waals surface area contributed by atoms with E-state index in [1.165, 1.54) is 7.11 Å². The largest absolute Gasteiger partial charge is 0.467 e. The van der Waals surface area contributed by atoms with Crippen molar-refractivity contribution in [2.24, 2.45) is 0 Å². The van der Waals surface area contributed by atoms with Crippen molar-refractivity contribution in [2.45, 2.75) is 13.0 Å². The predicted molar refractivity (Wildman–Crippen MR) is 88.7 cm³/mol. The summed E-state index contributed by atoms with van der Waals surface area (Å²) in [5, 5.41) is 6.21. The maximum Gasteiger partial charge on any atom is 0.328 e. The number of ether oxygens (including phenoxy) is 1. The van der Waals surface area contributed by atoms with Gasteiger partial charge >= 0.3 is 5.97 Å². The van der Waals surface area contributed by atoms with Gasteiger partial charge in [-0.2, -0.15) is 0 Å². The predicted octanol–water partition coefficient (Wildman–Crippen LogP) is 2.96. The summed E-state index contributed by atoms with van der Waals surface area (Å²) in [7, 11) is 1.31. The van der Waals surface area contributed by atoms with E-state index in [0.29, 0.717) is 22.1 Å². The van der Waals surface area contributed by atoms with Crippen molar-refractivity contribution in [1.29, 1.82) is 0 Å². The fourth-order valence-electron chi connectivity index (χ4n) is 1.86. The number of nitrogens with zero attached hydrogens (tertiary/aromatic N) is 1. The quantitative estimate of drug-likeness (QED) is 0.822. The molecule has 0 aliphatic heterocycles. The van der Waals surface area contributed by atoms with Crippen molar-refractivity contribution in [3.63, 3.8) is 0 Å². The van der Waals surface area contributed by atoms with Crippen molar-refractivity contribution in [3.8, 4) is 0 Å². The highest BCUT2D eigenvalue weighted by Crippen LogP contribution is 2.20. The van der Waals surface area contributed by atoms with E-state index < -0.39 is 12.0 Å². The second kappa shape index (κ2) is 7.60. The van der Waals surface area contributed by atoms with Crippen molar-refractivity contribution < 1.29 is 14.3 Å². The average molecular weight is 334 g/mol. The molecule has 2 aromatic rings. The second-order valence-corrected chi connectivity index (χ2v) is 5.19. The summed E-state index contributed by atoms with van der Waals surface area (Å²) in [4.78, 5) is 27.9. The van der Waals surface area contributed by atoms with Gasteiger partial charge < -0.3 is 15.4 Å². The summed E-state index contributed by atoms with van der Waals surface area (Å²) in [6.07, 6.45) is 1.56. The van der Waals surface area contributed by atoms with Gasteiger partial charge in [0.05, 0.1) is 12.8 Å².